The van der Waals surface area contributed by atoms with E-state index < -0.39 is 0 Å². The van der Waals surface area contributed by atoms with E-state index in [2.05, 4.69) is 39.9 Å². The fraction of sp³-hybridized carbons (Fsp3) is 0.348. The van der Waals surface area contributed by atoms with Crippen molar-refractivity contribution >= 4 is 44.6 Å². The number of hydrogen-bond donors (Lipinski definition) is 0. The van der Waals surface area contributed by atoms with E-state index in [1.54, 1.807) is 18.3 Å². The second-order valence-electron chi connectivity index (χ2n) is 7.18. The molecule has 2 aromatic carbocycles. The van der Waals surface area contributed by atoms with E-state index in [0.717, 1.165) is 29.3 Å². The number of benzene rings is 2. The number of hydrogen-bond acceptors (Lipinski definition) is 4. The highest BCUT2D eigenvalue weighted by atomic mass is 79.9. The van der Waals surface area contributed by atoms with Gasteiger partial charge in [0.2, 0.25) is 0 Å². The molecule has 0 aliphatic rings. The van der Waals surface area contributed by atoms with Gasteiger partial charge >= 0.3 is 0 Å². The van der Waals surface area contributed by atoms with Gasteiger partial charge in [-0.3, -0.25) is 4.79 Å². The summed E-state index contributed by atoms with van der Waals surface area (Å²) >= 11 is 9.79. The summed E-state index contributed by atoms with van der Waals surface area (Å²) in [6, 6.07) is 11.0. The lowest BCUT2D eigenvalue weighted by Gasteiger charge is -2.14. The standard InChI is InChI=1S/C23H25BrClN3O2/c1-4-6-7-22-27-20-10-9-17(24)13-18(20)23(29)28(22)26-14-16-8-11-21(19(25)12-16)30-15(3)5-2/h8-15H,4-7H2,1-3H3/t15-/m1/s1. The first-order valence-corrected chi connectivity index (χ1v) is 11.3. The van der Waals surface area contributed by atoms with Crippen molar-refractivity contribution in [3.05, 3.63) is 67.6 Å². The van der Waals surface area contributed by atoms with Crippen LogP contribution in [0, 0.1) is 0 Å². The highest BCUT2D eigenvalue weighted by molar-refractivity contribution is 9.10. The lowest BCUT2D eigenvalue weighted by atomic mass is 10.2. The molecule has 1 heterocycles. The van der Waals surface area contributed by atoms with Gasteiger partial charge in [-0.1, -0.05) is 47.8 Å². The van der Waals surface area contributed by atoms with Gasteiger partial charge in [-0.25, -0.2) is 4.98 Å². The Morgan fingerprint density at radius 2 is 2.07 bits per heavy atom. The van der Waals surface area contributed by atoms with Crippen LogP contribution in [0.4, 0.5) is 0 Å². The highest BCUT2D eigenvalue weighted by Gasteiger charge is 2.11. The number of halogens is 2. The lowest BCUT2D eigenvalue weighted by molar-refractivity contribution is 0.217. The zero-order valence-corrected chi connectivity index (χ0v) is 19.7. The Labute approximate surface area is 189 Å². The second kappa shape index (κ2) is 10.2. The maximum absolute atomic E-state index is 13.1. The summed E-state index contributed by atoms with van der Waals surface area (Å²) in [5.74, 6) is 1.29. The average Bonchev–Trinajstić information content (AvgIpc) is 2.73. The van der Waals surface area contributed by atoms with E-state index >= 15 is 0 Å². The van der Waals surface area contributed by atoms with E-state index in [1.165, 1.54) is 4.68 Å². The van der Waals surface area contributed by atoms with Crippen LogP contribution in [0.2, 0.25) is 5.02 Å². The SMILES string of the molecule is CCCCc1nc2ccc(Br)cc2c(=O)n1N=Cc1ccc(O[C@H](C)CC)c(Cl)c1. The Balaban J connectivity index is 1.99. The molecule has 30 heavy (non-hydrogen) atoms. The summed E-state index contributed by atoms with van der Waals surface area (Å²) in [5, 5.41) is 5.50. The molecule has 0 fully saturated rings. The van der Waals surface area contributed by atoms with Gasteiger partial charge in [-0.2, -0.15) is 9.78 Å². The van der Waals surface area contributed by atoms with Gasteiger partial charge in [-0.05, 0) is 61.7 Å². The molecule has 0 unspecified atom stereocenters. The minimum atomic E-state index is -0.188. The van der Waals surface area contributed by atoms with Crippen molar-refractivity contribution < 1.29 is 4.74 Å². The molecule has 158 valence electrons. The minimum absolute atomic E-state index is 0.0877. The van der Waals surface area contributed by atoms with Gasteiger partial charge in [0.25, 0.3) is 5.56 Å². The molecule has 0 aliphatic carbocycles. The summed E-state index contributed by atoms with van der Waals surface area (Å²) in [4.78, 5) is 17.8. The second-order valence-corrected chi connectivity index (χ2v) is 8.50. The third kappa shape index (κ3) is 5.29. The van der Waals surface area contributed by atoms with Crippen LogP contribution in [0.25, 0.3) is 10.9 Å². The number of aryl methyl sites for hydroxylation is 1. The monoisotopic (exact) mass is 489 g/mol. The summed E-state index contributed by atoms with van der Waals surface area (Å²) in [5.41, 5.74) is 1.26. The van der Waals surface area contributed by atoms with Crippen molar-refractivity contribution in [2.45, 2.75) is 52.6 Å². The predicted octanol–water partition coefficient (Wildman–Crippen LogP) is 6.21. The van der Waals surface area contributed by atoms with E-state index in [9.17, 15) is 4.79 Å². The number of aromatic nitrogens is 2. The zero-order valence-electron chi connectivity index (χ0n) is 17.4. The molecular formula is C23H25BrClN3O2. The zero-order chi connectivity index (χ0) is 21.7. The molecule has 7 heteroatoms. The van der Waals surface area contributed by atoms with Crippen LogP contribution >= 0.6 is 27.5 Å². The van der Waals surface area contributed by atoms with Crippen LogP contribution in [-0.4, -0.2) is 22.0 Å². The molecule has 5 nitrogen and oxygen atoms in total. The summed E-state index contributed by atoms with van der Waals surface area (Å²) in [6.07, 6.45) is 5.22. The van der Waals surface area contributed by atoms with Crippen LogP contribution in [0.1, 0.15) is 51.4 Å². The molecule has 0 saturated heterocycles. The molecule has 1 atom stereocenters. The van der Waals surface area contributed by atoms with E-state index in [0.29, 0.717) is 33.9 Å². The summed E-state index contributed by atoms with van der Waals surface area (Å²) in [6.45, 7) is 6.17. The first kappa shape index (κ1) is 22.5. The molecule has 0 saturated carbocycles. The topological polar surface area (TPSA) is 56.5 Å². The van der Waals surface area contributed by atoms with Crippen LogP contribution in [0.3, 0.4) is 0 Å². The number of rotatable bonds is 8. The normalized spacial score (nSPS) is 12.6. The van der Waals surface area contributed by atoms with Crippen molar-refractivity contribution in [3.63, 3.8) is 0 Å². The molecule has 0 bridgehead atoms. The molecule has 1 aromatic heterocycles. The molecule has 0 spiro atoms. The summed E-state index contributed by atoms with van der Waals surface area (Å²) < 4.78 is 8.03. The molecular weight excluding hydrogens is 466 g/mol. The van der Waals surface area contributed by atoms with E-state index in [1.807, 2.05) is 31.2 Å². The first-order valence-electron chi connectivity index (χ1n) is 10.1. The van der Waals surface area contributed by atoms with Crippen molar-refractivity contribution in [1.82, 2.24) is 9.66 Å². The van der Waals surface area contributed by atoms with Gasteiger partial charge in [-0.15, -0.1) is 0 Å². The van der Waals surface area contributed by atoms with E-state index in [-0.39, 0.29) is 11.7 Å². The van der Waals surface area contributed by atoms with Gasteiger partial charge in [0.05, 0.1) is 28.2 Å². The molecule has 0 amide bonds. The highest BCUT2D eigenvalue weighted by Crippen LogP contribution is 2.26. The maximum atomic E-state index is 13.1. The van der Waals surface area contributed by atoms with Crippen LogP contribution in [-0.2, 0) is 6.42 Å². The fourth-order valence-electron chi connectivity index (χ4n) is 2.93. The maximum Gasteiger partial charge on any atom is 0.282 e. The lowest BCUT2D eigenvalue weighted by Crippen LogP contribution is -2.22. The average molecular weight is 491 g/mol. The third-order valence-corrected chi connectivity index (χ3v) is 5.60. The molecule has 3 aromatic rings. The molecule has 0 radical (unpaired) electrons. The van der Waals surface area contributed by atoms with Crippen LogP contribution in [0.15, 0.2) is 50.8 Å². The largest absolute Gasteiger partial charge is 0.489 e. The number of fused-ring (bicyclic) bond motifs is 1. The Hall–Kier alpha value is -2.18. The number of unbranched alkanes of at least 4 members (excludes halogenated alkanes) is 1. The van der Waals surface area contributed by atoms with Crippen molar-refractivity contribution in [3.8, 4) is 5.75 Å². The Morgan fingerprint density at radius 3 is 2.77 bits per heavy atom. The van der Waals surface area contributed by atoms with Crippen LogP contribution in [0.5, 0.6) is 5.75 Å². The minimum Gasteiger partial charge on any atom is -0.489 e. The van der Waals surface area contributed by atoms with Gasteiger partial charge < -0.3 is 4.74 Å². The molecule has 0 aliphatic heterocycles. The Morgan fingerprint density at radius 1 is 1.27 bits per heavy atom. The van der Waals surface area contributed by atoms with Crippen molar-refractivity contribution in [2.75, 3.05) is 0 Å². The Kier molecular flexibility index (Phi) is 7.67. The molecule has 3 rings (SSSR count). The van der Waals surface area contributed by atoms with Gasteiger partial charge in [0.1, 0.15) is 11.6 Å². The van der Waals surface area contributed by atoms with Crippen molar-refractivity contribution in [1.29, 1.82) is 0 Å². The summed E-state index contributed by atoms with van der Waals surface area (Å²) in [7, 11) is 0. The Bertz CT molecular complexity index is 1130. The number of ether oxygens (including phenoxy) is 1. The first-order chi connectivity index (χ1) is 14.4. The van der Waals surface area contributed by atoms with Gasteiger partial charge in [0, 0.05) is 10.9 Å². The van der Waals surface area contributed by atoms with E-state index in [4.69, 9.17) is 16.3 Å². The predicted molar refractivity (Wildman–Crippen MR) is 127 cm³/mol. The smallest absolute Gasteiger partial charge is 0.282 e. The van der Waals surface area contributed by atoms with Crippen LogP contribution < -0.4 is 10.3 Å². The fourth-order valence-corrected chi connectivity index (χ4v) is 3.52. The van der Waals surface area contributed by atoms with Crippen molar-refractivity contribution in [2.24, 2.45) is 5.10 Å². The van der Waals surface area contributed by atoms with Gasteiger partial charge in [0.15, 0.2) is 0 Å². The molecule has 0 N–H and O–H groups in total. The number of nitrogens with zero attached hydrogens (tertiary/aromatic N) is 3. The quantitative estimate of drug-likeness (QED) is 0.352. The third-order valence-electron chi connectivity index (χ3n) is 4.81.